The van der Waals surface area contributed by atoms with Crippen molar-refractivity contribution < 1.29 is 9.53 Å². The Morgan fingerprint density at radius 2 is 2.05 bits per heavy atom. The van der Waals surface area contributed by atoms with E-state index in [-0.39, 0.29) is 0 Å². The molecule has 0 unspecified atom stereocenters. The molecule has 0 heterocycles. The van der Waals surface area contributed by atoms with Crippen LogP contribution in [0.5, 0.6) is 0 Å². The van der Waals surface area contributed by atoms with Gasteiger partial charge in [-0.2, -0.15) is 0 Å². The van der Waals surface area contributed by atoms with Gasteiger partial charge >= 0.3 is 5.97 Å². The second-order valence-corrected chi connectivity index (χ2v) is 5.13. The zero-order valence-corrected chi connectivity index (χ0v) is 13.7. The summed E-state index contributed by atoms with van der Waals surface area (Å²) in [6, 6.07) is 3.20. The number of benzene rings is 1. The van der Waals surface area contributed by atoms with Crippen LogP contribution in [0.2, 0.25) is 5.02 Å². The summed E-state index contributed by atoms with van der Waals surface area (Å²) in [4.78, 5) is 14.1. The van der Waals surface area contributed by atoms with Crippen LogP contribution >= 0.6 is 11.6 Å². The Hall–Kier alpha value is -1.46. The van der Waals surface area contributed by atoms with Gasteiger partial charge in [-0.1, -0.05) is 25.4 Å². The van der Waals surface area contributed by atoms with Gasteiger partial charge in [0.1, 0.15) is 0 Å². The Labute approximate surface area is 131 Å². The molecule has 1 rings (SSSR count). The number of rotatable bonds is 8. The molecule has 5 nitrogen and oxygen atoms in total. The number of methoxy groups -OCH3 is 1. The molecular formula is C15H24ClN3O2. The maximum Gasteiger partial charge on any atom is 0.340 e. The largest absolute Gasteiger partial charge is 0.465 e. The molecule has 0 aliphatic heterocycles. The van der Waals surface area contributed by atoms with Crippen LogP contribution in [-0.4, -0.2) is 44.2 Å². The molecule has 0 saturated carbocycles. The second-order valence-electron chi connectivity index (χ2n) is 4.72. The van der Waals surface area contributed by atoms with E-state index in [2.05, 4.69) is 24.1 Å². The van der Waals surface area contributed by atoms with Crippen molar-refractivity contribution in [3.05, 3.63) is 22.7 Å². The summed E-state index contributed by atoms with van der Waals surface area (Å²) in [5, 5.41) is 3.64. The van der Waals surface area contributed by atoms with E-state index >= 15 is 0 Å². The number of halogens is 1. The molecule has 0 bridgehead atoms. The van der Waals surface area contributed by atoms with Crippen molar-refractivity contribution >= 4 is 28.9 Å². The first kappa shape index (κ1) is 17.6. The lowest BCUT2D eigenvalue weighted by Gasteiger charge is -2.19. The molecular weight excluding hydrogens is 290 g/mol. The third kappa shape index (κ3) is 5.10. The van der Waals surface area contributed by atoms with Crippen molar-refractivity contribution in [1.82, 2.24) is 4.90 Å². The quantitative estimate of drug-likeness (QED) is 0.439. The zero-order chi connectivity index (χ0) is 15.8. The molecule has 3 N–H and O–H groups in total. The molecule has 6 heteroatoms. The zero-order valence-electron chi connectivity index (χ0n) is 12.9. The SMILES string of the molecule is CCN(CC)CCCNc1c(Cl)cc(N)cc1C(=O)OC. The summed E-state index contributed by atoms with van der Waals surface area (Å²) in [5.41, 5.74) is 7.11. The molecule has 118 valence electrons. The van der Waals surface area contributed by atoms with Gasteiger partial charge in [-0.25, -0.2) is 4.79 Å². The highest BCUT2D eigenvalue weighted by molar-refractivity contribution is 6.34. The number of nitrogens with zero attached hydrogens (tertiary/aromatic N) is 1. The van der Waals surface area contributed by atoms with Crippen molar-refractivity contribution in [2.24, 2.45) is 0 Å². The molecule has 0 aromatic heterocycles. The number of anilines is 2. The first-order valence-electron chi connectivity index (χ1n) is 7.17. The summed E-state index contributed by atoms with van der Waals surface area (Å²) in [6.45, 7) is 8.08. The summed E-state index contributed by atoms with van der Waals surface area (Å²) in [7, 11) is 1.34. The monoisotopic (exact) mass is 313 g/mol. The van der Waals surface area contributed by atoms with Gasteiger partial charge in [-0.3, -0.25) is 0 Å². The van der Waals surface area contributed by atoms with Crippen LogP contribution in [0.3, 0.4) is 0 Å². The van der Waals surface area contributed by atoms with E-state index in [9.17, 15) is 4.79 Å². The van der Waals surface area contributed by atoms with E-state index in [0.717, 1.165) is 32.6 Å². The Balaban J connectivity index is 2.72. The van der Waals surface area contributed by atoms with Gasteiger partial charge in [0.2, 0.25) is 0 Å². The first-order chi connectivity index (χ1) is 10.0. The topological polar surface area (TPSA) is 67.6 Å². The number of nitrogens with one attached hydrogen (secondary N) is 1. The first-order valence-corrected chi connectivity index (χ1v) is 7.54. The van der Waals surface area contributed by atoms with E-state index in [1.54, 1.807) is 12.1 Å². The van der Waals surface area contributed by atoms with E-state index in [0.29, 0.717) is 22.0 Å². The van der Waals surface area contributed by atoms with Crippen LogP contribution < -0.4 is 11.1 Å². The number of hydrogen-bond donors (Lipinski definition) is 2. The van der Waals surface area contributed by atoms with Crippen LogP contribution in [0, 0.1) is 0 Å². The highest BCUT2D eigenvalue weighted by atomic mass is 35.5. The van der Waals surface area contributed by atoms with Crippen LogP contribution in [0.1, 0.15) is 30.6 Å². The van der Waals surface area contributed by atoms with Gasteiger partial charge in [0.15, 0.2) is 0 Å². The third-order valence-corrected chi connectivity index (χ3v) is 3.66. The smallest absolute Gasteiger partial charge is 0.340 e. The normalized spacial score (nSPS) is 10.7. The number of ether oxygens (including phenoxy) is 1. The van der Waals surface area contributed by atoms with Crippen molar-refractivity contribution in [3.63, 3.8) is 0 Å². The van der Waals surface area contributed by atoms with Gasteiger partial charge in [-0.15, -0.1) is 0 Å². The predicted octanol–water partition coefficient (Wildman–Crippen LogP) is 2.85. The van der Waals surface area contributed by atoms with E-state index in [1.165, 1.54) is 7.11 Å². The van der Waals surface area contributed by atoms with E-state index in [1.807, 2.05) is 0 Å². The lowest BCUT2D eigenvalue weighted by atomic mass is 10.1. The maximum atomic E-state index is 11.8. The van der Waals surface area contributed by atoms with Crippen molar-refractivity contribution in [2.45, 2.75) is 20.3 Å². The molecule has 0 radical (unpaired) electrons. The van der Waals surface area contributed by atoms with E-state index < -0.39 is 5.97 Å². The summed E-state index contributed by atoms with van der Waals surface area (Å²) < 4.78 is 4.76. The third-order valence-electron chi connectivity index (χ3n) is 3.37. The van der Waals surface area contributed by atoms with E-state index in [4.69, 9.17) is 22.1 Å². The number of carbonyl (C=O) groups excluding carboxylic acids is 1. The molecule has 0 amide bonds. The van der Waals surface area contributed by atoms with Gasteiger partial charge in [0, 0.05) is 12.2 Å². The molecule has 21 heavy (non-hydrogen) atoms. The van der Waals surface area contributed by atoms with Crippen molar-refractivity contribution in [1.29, 1.82) is 0 Å². The van der Waals surface area contributed by atoms with Gasteiger partial charge in [0.05, 0.1) is 23.4 Å². The van der Waals surface area contributed by atoms with Crippen LogP contribution in [0.15, 0.2) is 12.1 Å². The Morgan fingerprint density at radius 3 is 2.62 bits per heavy atom. The maximum absolute atomic E-state index is 11.8. The fourth-order valence-corrected chi connectivity index (χ4v) is 2.43. The van der Waals surface area contributed by atoms with Crippen molar-refractivity contribution in [3.8, 4) is 0 Å². The standard InChI is InChI=1S/C15H24ClN3O2/c1-4-19(5-2)8-6-7-18-14-12(15(20)21-3)9-11(17)10-13(14)16/h9-10,18H,4-8,17H2,1-3H3. The highest BCUT2D eigenvalue weighted by Gasteiger charge is 2.16. The molecule has 0 aliphatic rings. The molecule has 1 aromatic carbocycles. The minimum Gasteiger partial charge on any atom is -0.465 e. The van der Waals surface area contributed by atoms with Gasteiger partial charge in [-0.05, 0) is 38.2 Å². The average molecular weight is 314 g/mol. The van der Waals surface area contributed by atoms with Gasteiger partial charge in [0.25, 0.3) is 0 Å². The average Bonchev–Trinajstić information content (AvgIpc) is 2.47. The lowest BCUT2D eigenvalue weighted by molar-refractivity contribution is 0.0602. The Kier molecular flexibility index (Phi) is 7.32. The van der Waals surface area contributed by atoms with Crippen LogP contribution in [0.4, 0.5) is 11.4 Å². The molecule has 0 fully saturated rings. The second kappa shape index (κ2) is 8.74. The molecule has 0 atom stereocenters. The van der Waals surface area contributed by atoms with Crippen LogP contribution in [0.25, 0.3) is 0 Å². The fourth-order valence-electron chi connectivity index (χ4n) is 2.13. The summed E-state index contributed by atoms with van der Waals surface area (Å²) in [6.07, 6.45) is 0.961. The number of hydrogen-bond acceptors (Lipinski definition) is 5. The number of nitrogens with two attached hydrogens (primary N) is 1. The minimum absolute atomic E-state index is 0.366. The van der Waals surface area contributed by atoms with Crippen LogP contribution in [-0.2, 0) is 4.74 Å². The Bertz CT molecular complexity index is 476. The minimum atomic E-state index is -0.449. The number of esters is 1. The lowest BCUT2D eigenvalue weighted by Crippen LogP contribution is -2.25. The number of carbonyl (C=O) groups is 1. The Morgan fingerprint density at radius 1 is 1.38 bits per heavy atom. The summed E-state index contributed by atoms with van der Waals surface area (Å²) >= 11 is 6.17. The molecule has 0 aliphatic carbocycles. The van der Waals surface area contributed by atoms with Crippen molar-refractivity contribution in [2.75, 3.05) is 44.3 Å². The highest BCUT2D eigenvalue weighted by Crippen LogP contribution is 2.29. The molecule has 0 spiro atoms. The molecule has 0 saturated heterocycles. The van der Waals surface area contributed by atoms with Gasteiger partial charge < -0.3 is 20.7 Å². The molecule has 1 aromatic rings. The predicted molar refractivity (Wildman–Crippen MR) is 88.1 cm³/mol. The number of nitrogen functional groups attached to an aromatic ring is 1. The fraction of sp³-hybridized carbons (Fsp3) is 0.533. The summed E-state index contributed by atoms with van der Waals surface area (Å²) in [5.74, 6) is -0.449.